The van der Waals surface area contributed by atoms with Gasteiger partial charge in [0.05, 0.1) is 5.01 Å². The smallest absolute Gasteiger partial charge is 0.0965 e. The van der Waals surface area contributed by atoms with E-state index in [9.17, 15) is 0 Å². The number of hydrogen-bond donors (Lipinski definition) is 1. The molecule has 3 nitrogen and oxygen atoms in total. The van der Waals surface area contributed by atoms with Crippen LogP contribution in [-0.4, -0.2) is 16.1 Å². The Labute approximate surface area is 107 Å². The average Bonchev–Trinajstić information content (AvgIpc) is 2.99. The van der Waals surface area contributed by atoms with Gasteiger partial charge >= 0.3 is 0 Å². The van der Waals surface area contributed by atoms with Crippen LogP contribution in [0.25, 0.3) is 0 Å². The van der Waals surface area contributed by atoms with Crippen LogP contribution in [0.15, 0.2) is 29.9 Å². The lowest BCUT2D eigenvalue weighted by atomic mass is 10.2. The zero-order valence-electron chi connectivity index (χ0n) is 10.4. The molecule has 17 heavy (non-hydrogen) atoms. The summed E-state index contributed by atoms with van der Waals surface area (Å²) in [6.07, 6.45) is 4.00. The normalized spacial score (nSPS) is 12.8. The van der Waals surface area contributed by atoms with Gasteiger partial charge in [0.15, 0.2) is 0 Å². The highest BCUT2D eigenvalue weighted by molar-refractivity contribution is 7.09. The van der Waals surface area contributed by atoms with Crippen LogP contribution in [-0.2, 0) is 13.1 Å². The van der Waals surface area contributed by atoms with Gasteiger partial charge in [0.1, 0.15) is 0 Å². The molecule has 2 aromatic rings. The standard InChI is InChI=1S/C13H19N3S/c1-3-16-7-4-5-12(16)10-14-9-11(2)13-15-6-8-17-13/h4-8,11,14H,3,9-10H2,1-2H3. The van der Waals surface area contributed by atoms with Gasteiger partial charge in [-0.2, -0.15) is 0 Å². The monoisotopic (exact) mass is 249 g/mol. The number of rotatable bonds is 6. The molecule has 0 amide bonds. The van der Waals surface area contributed by atoms with Crippen LogP contribution >= 0.6 is 11.3 Å². The van der Waals surface area contributed by atoms with E-state index < -0.39 is 0 Å². The van der Waals surface area contributed by atoms with Crippen LogP contribution < -0.4 is 5.32 Å². The number of nitrogens with zero attached hydrogens (tertiary/aromatic N) is 2. The van der Waals surface area contributed by atoms with Crippen molar-refractivity contribution >= 4 is 11.3 Å². The van der Waals surface area contributed by atoms with Gasteiger partial charge in [-0.15, -0.1) is 11.3 Å². The molecule has 0 spiro atoms. The molecule has 2 heterocycles. The molecule has 0 aliphatic heterocycles. The van der Waals surface area contributed by atoms with E-state index in [2.05, 4.69) is 47.0 Å². The second-order valence-electron chi connectivity index (χ2n) is 4.19. The van der Waals surface area contributed by atoms with Gasteiger partial charge in [-0.1, -0.05) is 6.92 Å². The average molecular weight is 249 g/mol. The molecule has 0 saturated carbocycles. The summed E-state index contributed by atoms with van der Waals surface area (Å²) in [7, 11) is 0. The second kappa shape index (κ2) is 5.98. The summed E-state index contributed by atoms with van der Waals surface area (Å²) in [4.78, 5) is 4.34. The quantitative estimate of drug-likeness (QED) is 0.853. The van der Waals surface area contributed by atoms with Gasteiger partial charge in [0.2, 0.25) is 0 Å². The summed E-state index contributed by atoms with van der Waals surface area (Å²) in [6, 6.07) is 4.27. The van der Waals surface area contributed by atoms with Crippen molar-refractivity contribution in [1.82, 2.24) is 14.9 Å². The number of nitrogens with one attached hydrogen (secondary N) is 1. The molecular weight excluding hydrogens is 230 g/mol. The Morgan fingerprint density at radius 2 is 2.41 bits per heavy atom. The fourth-order valence-corrected chi connectivity index (χ4v) is 2.60. The first kappa shape index (κ1) is 12.3. The van der Waals surface area contributed by atoms with Crippen LogP contribution in [0.5, 0.6) is 0 Å². The Bertz CT molecular complexity index is 433. The fraction of sp³-hybridized carbons (Fsp3) is 0.462. The molecule has 0 bridgehead atoms. The van der Waals surface area contributed by atoms with E-state index in [-0.39, 0.29) is 0 Å². The first-order chi connectivity index (χ1) is 8.31. The maximum absolute atomic E-state index is 4.34. The molecule has 0 aliphatic carbocycles. The Morgan fingerprint density at radius 3 is 3.12 bits per heavy atom. The minimum atomic E-state index is 0.486. The molecule has 0 fully saturated rings. The Morgan fingerprint density at radius 1 is 1.53 bits per heavy atom. The highest BCUT2D eigenvalue weighted by atomic mass is 32.1. The molecule has 1 N–H and O–H groups in total. The third kappa shape index (κ3) is 3.17. The third-order valence-corrected chi connectivity index (χ3v) is 3.90. The Hall–Kier alpha value is -1.13. The summed E-state index contributed by atoms with van der Waals surface area (Å²) >= 11 is 1.73. The fourth-order valence-electron chi connectivity index (χ4n) is 1.90. The van der Waals surface area contributed by atoms with Crippen molar-refractivity contribution in [1.29, 1.82) is 0 Å². The molecule has 1 unspecified atom stereocenters. The number of aryl methyl sites for hydroxylation is 1. The van der Waals surface area contributed by atoms with Crippen molar-refractivity contribution in [3.8, 4) is 0 Å². The van der Waals surface area contributed by atoms with E-state index in [0.29, 0.717) is 5.92 Å². The minimum Gasteiger partial charge on any atom is -0.351 e. The number of thiazole rings is 1. The van der Waals surface area contributed by atoms with Crippen molar-refractivity contribution in [2.24, 2.45) is 0 Å². The van der Waals surface area contributed by atoms with E-state index in [0.717, 1.165) is 19.6 Å². The van der Waals surface area contributed by atoms with Crippen molar-refractivity contribution in [3.05, 3.63) is 40.6 Å². The predicted octanol–water partition coefficient (Wildman–Crippen LogP) is 2.86. The van der Waals surface area contributed by atoms with Gasteiger partial charge in [-0.05, 0) is 19.1 Å². The minimum absolute atomic E-state index is 0.486. The highest BCUT2D eigenvalue weighted by Crippen LogP contribution is 2.16. The topological polar surface area (TPSA) is 29.9 Å². The molecule has 2 aromatic heterocycles. The maximum Gasteiger partial charge on any atom is 0.0965 e. The van der Waals surface area contributed by atoms with Gasteiger partial charge in [-0.25, -0.2) is 4.98 Å². The first-order valence-electron chi connectivity index (χ1n) is 6.05. The SMILES string of the molecule is CCn1cccc1CNCC(C)c1nccs1. The Kier molecular flexibility index (Phi) is 4.34. The van der Waals surface area contributed by atoms with Crippen molar-refractivity contribution in [2.75, 3.05) is 6.54 Å². The summed E-state index contributed by atoms with van der Waals surface area (Å²) in [5.41, 5.74) is 1.35. The number of hydrogen-bond acceptors (Lipinski definition) is 3. The summed E-state index contributed by atoms with van der Waals surface area (Å²) < 4.78 is 2.26. The molecule has 0 aliphatic rings. The summed E-state index contributed by atoms with van der Waals surface area (Å²) in [5, 5.41) is 6.74. The van der Waals surface area contributed by atoms with Crippen molar-refractivity contribution in [2.45, 2.75) is 32.9 Å². The lowest BCUT2D eigenvalue weighted by molar-refractivity contribution is 0.585. The molecule has 0 saturated heterocycles. The summed E-state index contributed by atoms with van der Waals surface area (Å²) in [6.45, 7) is 7.32. The lowest BCUT2D eigenvalue weighted by Crippen LogP contribution is -2.21. The molecule has 0 radical (unpaired) electrons. The highest BCUT2D eigenvalue weighted by Gasteiger charge is 2.07. The lowest BCUT2D eigenvalue weighted by Gasteiger charge is -2.11. The third-order valence-electron chi connectivity index (χ3n) is 2.89. The molecule has 4 heteroatoms. The first-order valence-corrected chi connectivity index (χ1v) is 6.93. The van der Waals surface area contributed by atoms with Gasteiger partial charge in [-0.3, -0.25) is 0 Å². The zero-order valence-corrected chi connectivity index (χ0v) is 11.2. The largest absolute Gasteiger partial charge is 0.351 e. The maximum atomic E-state index is 4.34. The summed E-state index contributed by atoms with van der Waals surface area (Å²) in [5.74, 6) is 0.486. The molecule has 0 aromatic carbocycles. The van der Waals surface area contributed by atoms with Crippen LogP contribution in [0.4, 0.5) is 0 Å². The Balaban J connectivity index is 1.80. The van der Waals surface area contributed by atoms with E-state index in [4.69, 9.17) is 0 Å². The van der Waals surface area contributed by atoms with Crippen LogP contribution in [0.2, 0.25) is 0 Å². The van der Waals surface area contributed by atoms with Gasteiger partial charge in [0.25, 0.3) is 0 Å². The van der Waals surface area contributed by atoms with E-state index in [1.54, 1.807) is 11.3 Å². The number of aromatic nitrogens is 2. The molecule has 1 atom stereocenters. The van der Waals surface area contributed by atoms with Gasteiger partial charge in [0, 0.05) is 49.0 Å². The van der Waals surface area contributed by atoms with E-state index >= 15 is 0 Å². The second-order valence-corrected chi connectivity index (χ2v) is 5.11. The molecular formula is C13H19N3S. The molecule has 92 valence electrons. The predicted molar refractivity (Wildman–Crippen MR) is 72.3 cm³/mol. The van der Waals surface area contributed by atoms with Crippen molar-refractivity contribution < 1.29 is 0 Å². The van der Waals surface area contributed by atoms with Crippen LogP contribution in [0, 0.1) is 0 Å². The van der Waals surface area contributed by atoms with Crippen LogP contribution in [0.1, 0.15) is 30.5 Å². The van der Waals surface area contributed by atoms with Crippen LogP contribution in [0.3, 0.4) is 0 Å². The molecule has 2 rings (SSSR count). The van der Waals surface area contributed by atoms with Crippen molar-refractivity contribution in [3.63, 3.8) is 0 Å². The van der Waals surface area contributed by atoms with E-state index in [1.807, 2.05) is 11.6 Å². The van der Waals surface area contributed by atoms with Gasteiger partial charge < -0.3 is 9.88 Å². The van der Waals surface area contributed by atoms with E-state index in [1.165, 1.54) is 10.7 Å². The zero-order chi connectivity index (χ0) is 12.1.